The Hall–Kier alpha value is -3.19. The van der Waals surface area contributed by atoms with Crippen LogP contribution in [0.1, 0.15) is 43.8 Å². The first-order valence-corrected chi connectivity index (χ1v) is 13.8. The number of aryl methyl sites for hydroxylation is 1. The van der Waals surface area contributed by atoms with E-state index in [1.807, 2.05) is 4.90 Å². The van der Waals surface area contributed by atoms with Crippen molar-refractivity contribution in [3.63, 3.8) is 0 Å². The van der Waals surface area contributed by atoms with Crippen LogP contribution >= 0.6 is 0 Å². The lowest BCUT2D eigenvalue weighted by Crippen LogP contribution is -2.41. The fourth-order valence-corrected chi connectivity index (χ4v) is 5.52. The molecule has 1 saturated heterocycles. The first kappa shape index (κ1) is 27.8. The molecule has 1 aliphatic heterocycles. The summed E-state index contributed by atoms with van der Waals surface area (Å²) >= 11 is 0. The fourth-order valence-electron chi connectivity index (χ4n) is 4.32. The highest BCUT2D eigenvalue weighted by atomic mass is 32.2. The average molecular weight is 554 g/mol. The molecule has 0 amide bonds. The summed E-state index contributed by atoms with van der Waals surface area (Å²) in [5, 5.41) is 13.5. The summed E-state index contributed by atoms with van der Waals surface area (Å²) < 4.78 is 74.3. The SMILES string of the molecule is COc1nc2nc(C)nc(N[C@H](C)c3cccc(C(F)(F)C(C)(C)O)c3F)c2cc1N1CCS(=O)(=O)CC1. The van der Waals surface area contributed by atoms with E-state index in [4.69, 9.17) is 4.74 Å². The summed E-state index contributed by atoms with van der Waals surface area (Å²) in [5.41, 5.74) is -2.58. The Labute approximate surface area is 219 Å². The van der Waals surface area contributed by atoms with Crippen LogP contribution in [-0.2, 0) is 15.8 Å². The molecule has 0 aliphatic carbocycles. The van der Waals surface area contributed by atoms with Gasteiger partial charge in [0.2, 0.25) is 5.88 Å². The molecule has 38 heavy (non-hydrogen) atoms. The van der Waals surface area contributed by atoms with E-state index in [9.17, 15) is 22.3 Å². The number of pyridine rings is 1. The maximum Gasteiger partial charge on any atom is 0.303 e. The molecule has 1 atom stereocenters. The molecule has 0 radical (unpaired) electrons. The van der Waals surface area contributed by atoms with Crippen LogP contribution in [0.5, 0.6) is 5.88 Å². The van der Waals surface area contributed by atoms with Gasteiger partial charge in [0, 0.05) is 18.7 Å². The number of halogens is 3. The third kappa shape index (κ3) is 5.21. The second kappa shape index (κ2) is 9.84. The van der Waals surface area contributed by atoms with Gasteiger partial charge in [-0.05, 0) is 39.8 Å². The number of benzene rings is 1. The van der Waals surface area contributed by atoms with E-state index in [0.29, 0.717) is 28.4 Å². The lowest BCUT2D eigenvalue weighted by atomic mass is 9.91. The lowest BCUT2D eigenvalue weighted by Gasteiger charge is -2.30. The molecule has 1 fully saturated rings. The summed E-state index contributed by atoms with van der Waals surface area (Å²) in [7, 11) is -1.67. The number of aliphatic hydroxyl groups is 1. The van der Waals surface area contributed by atoms with Crippen molar-refractivity contribution in [2.45, 2.75) is 45.3 Å². The predicted octanol–water partition coefficient (Wildman–Crippen LogP) is 3.75. The maximum absolute atomic E-state index is 15.4. The van der Waals surface area contributed by atoms with Gasteiger partial charge in [-0.3, -0.25) is 0 Å². The average Bonchev–Trinajstić information content (AvgIpc) is 2.82. The van der Waals surface area contributed by atoms with Crippen molar-refractivity contribution in [3.8, 4) is 5.88 Å². The summed E-state index contributed by atoms with van der Waals surface area (Å²) in [6.45, 7) is 5.61. The van der Waals surface area contributed by atoms with Crippen LogP contribution < -0.4 is 15.0 Å². The summed E-state index contributed by atoms with van der Waals surface area (Å²) in [6, 6.07) is 4.56. The molecule has 0 spiro atoms. The molecule has 0 saturated carbocycles. The Kier molecular flexibility index (Phi) is 7.21. The highest BCUT2D eigenvalue weighted by Crippen LogP contribution is 2.41. The number of methoxy groups -OCH3 is 1. The molecule has 2 aromatic heterocycles. The molecule has 0 unspecified atom stereocenters. The molecule has 13 heteroatoms. The quantitative estimate of drug-likeness (QED) is 0.451. The number of rotatable bonds is 7. The van der Waals surface area contributed by atoms with Crippen LogP contribution in [0.4, 0.5) is 24.7 Å². The Morgan fingerprint density at radius 3 is 2.42 bits per heavy atom. The van der Waals surface area contributed by atoms with Gasteiger partial charge in [-0.15, -0.1) is 0 Å². The van der Waals surface area contributed by atoms with Crippen molar-refractivity contribution in [2.75, 3.05) is 41.9 Å². The molecular weight excluding hydrogens is 523 g/mol. The molecule has 0 bridgehead atoms. The fraction of sp³-hybridized carbons (Fsp3) is 0.480. The van der Waals surface area contributed by atoms with E-state index >= 15 is 4.39 Å². The van der Waals surface area contributed by atoms with Gasteiger partial charge in [0.15, 0.2) is 15.5 Å². The zero-order valence-electron chi connectivity index (χ0n) is 21.7. The molecule has 3 heterocycles. The monoisotopic (exact) mass is 553 g/mol. The van der Waals surface area contributed by atoms with Crippen molar-refractivity contribution in [1.29, 1.82) is 0 Å². The third-order valence-corrected chi connectivity index (χ3v) is 8.19. The smallest absolute Gasteiger partial charge is 0.303 e. The number of nitrogens with one attached hydrogen (secondary N) is 1. The van der Waals surface area contributed by atoms with Crippen molar-refractivity contribution >= 4 is 32.4 Å². The Morgan fingerprint density at radius 2 is 1.82 bits per heavy atom. The highest BCUT2D eigenvalue weighted by Gasteiger charge is 2.49. The minimum atomic E-state index is -3.83. The summed E-state index contributed by atoms with van der Waals surface area (Å²) in [4.78, 5) is 15.2. The van der Waals surface area contributed by atoms with E-state index in [1.165, 1.54) is 19.2 Å². The van der Waals surface area contributed by atoms with Gasteiger partial charge in [0.1, 0.15) is 28.7 Å². The molecule has 2 N–H and O–H groups in total. The molecular formula is C25H30F3N5O4S. The van der Waals surface area contributed by atoms with Gasteiger partial charge in [-0.25, -0.2) is 22.8 Å². The van der Waals surface area contributed by atoms with Crippen molar-refractivity contribution < 1.29 is 31.4 Å². The number of sulfone groups is 1. The van der Waals surface area contributed by atoms with Crippen LogP contribution in [0.25, 0.3) is 11.0 Å². The number of hydrogen-bond donors (Lipinski definition) is 2. The van der Waals surface area contributed by atoms with E-state index in [0.717, 1.165) is 19.9 Å². The van der Waals surface area contributed by atoms with E-state index in [-0.39, 0.29) is 36.0 Å². The van der Waals surface area contributed by atoms with Crippen LogP contribution in [0.2, 0.25) is 0 Å². The minimum absolute atomic E-state index is 0.00831. The maximum atomic E-state index is 15.4. The Bertz CT molecular complexity index is 1460. The van der Waals surface area contributed by atoms with E-state index in [1.54, 1.807) is 19.9 Å². The summed E-state index contributed by atoms with van der Waals surface area (Å²) in [5.74, 6) is -4.06. The van der Waals surface area contributed by atoms with Crippen LogP contribution in [0.15, 0.2) is 24.3 Å². The second-order valence-electron chi connectivity index (χ2n) is 9.85. The van der Waals surface area contributed by atoms with Crippen molar-refractivity contribution in [2.24, 2.45) is 0 Å². The van der Waals surface area contributed by atoms with Gasteiger partial charge >= 0.3 is 5.92 Å². The molecule has 1 aromatic carbocycles. The van der Waals surface area contributed by atoms with E-state index < -0.39 is 38.8 Å². The molecule has 1 aliphatic rings. The predicted molar refractivity (Wildman–Crippen MR) is 138 cm³/mol. The normalized spacial score (nSPS) is 16.9. The Morgan fingerprint density at radius 1 is 1.16 bits per heavy atom. The van der Waals surface area contributed by atoms with Gasteiger partial charge < -0.3 is 20.1 Å². The van der Waals surface area contributed by atoms with Gasteiger partial charge in [-0.1, -0.05) is 12.1 Å². The second-order valence-corrected chi connectivity index (χ2v) is 12.2. The number of hydrogen-bond acceptors (Lipinski definition) is 9. The molecule has 4 rings (SSSR count). The van der Waals surface area contributed by atoms with E-state index in [2.05, 4.69) is 20.3 Å². The van der Waals surface area contributed by atoms with Gasteiger partial charge in [0.25, 0.3) is 0 Å². The highest BCUT2D eigenvalue weighted by molar-refractivity contribution is 7.91. The Balaban J connectivity index is 1.75. The zero-order chi connectivity index (χ0) is 28.0. The minimum Gasteiger partial charge on any atom is -0.479 e. The van der Waals surface area contributed by atoms with Gasteiger partial charge in [-0.2, -0.15) is 13.8 Å². The zero-order valence-corrected chi connectivity index (χ0v) is 22.5. The van der Waals surface area contributed by atoms with Crippen LogP contribution in [-0.4, -0.2) is 65.8 Å². The molecule has 3 aromatic rings. The summed E-state index contributed by atoms with van der Waals surface area (Å²) in [6.07, 6.45) is 0. The van der Waals surface area contributed by atoms with Crippen LogP contribution in [0, 0.1) is 12.7 Å². The largest absolute Gasteiger partial charge is 0.479 e. The third-order valence-electron chi connectivity index (χ3n) is 6.58. The first-order chi connectivity index (χ1) is 17.6. The number of fused-ring (bicyclic) bond motifs is 1. The number of nitrogens with zero attached hydrogens (tertiary/aromatic N) is 4. The van der Waals surface area contributed by atoms with Gasteiger partial charge in [0.05, 0.1) is 35.6 Å². The van der Waals surface area contributed by atoms with Crippen molar-refractivity contribution in [3.05, 3.63) is 47.0 Å². The first-order valence-electron chi connectivity index (χ1n) is 12.0. The standard InChI is InChI=1S/C25H30F3N5O4S/c1-14(16-7-6-8-18(20(16)26)25(27,28)24(3,4)34)29-21-17-13-19(33-9-11-38(35,36)12-10-33)23(37-5)32-22(17)31-15(2)30-21/h6-8,13-14,34H,9-12H2,1-5H3,(H,29,30,31,32)/t14-/m1/s1. The lowest BCUT2D eigenvalue weighted by molar-refractivity contribution is -0.170. The molecule has 9 nitrogen and oxygen atoms in total. The molecule has 206 valence electrons. The number of alkyl halides is 2. The number of ether oxygens (including phenoxy) is 1. The van der Waals surface area contributed by atoms with Crippen molar-refractivity contribution in [1.82, 2.24) is 15.0 Å². The number of aromatic nitrogens is 3. The number of anilines is 2. The topological polar surface area (TPSA) is 118 Å². The van der Waals surface area contributed by atoms with Crippen LogP contribution in [0.3, 0.4) is 0 Å².